The first kappa shape index (κ1) is 10.7. The molecule has 1 saturated heterocycles. The SMILES string of the molecule is O=S1(=O)CCC(C2(S(=O)(=O)Cl)CC2)C1. The van der Waals surface area contributed by atoms with Gasteiger partial charge in [0.2, 0.25) is 9.05 Å². The molecule has 7 heteroatoms. The highest BCUT2D eigenvalue weighted by Gasteiger charge is 2.61. The maximum Gasteiger partial charge on any atom is 0.238 e. The molecule has 0 spiro atoms. The number of rotatable bonds is 2. The van der Waals surface area contributed by atoms with Crippen molar-refractivity contribution in [3.63, 3.8) is 0 Å². The van der Waals surface area contributed by atoms with Crippen molar-refractivity contribution in [2.75, 3.05) is 11.5 Å². The summed E-state index contributed by atoms with van der Waals surface area (Å²) >= 11 is 0. The minimum atomic E-state index is -3.62. The quantitative estimate of drug-likeness (QED) is 0.678. The molecule has 1 aliphatic carbocycles. The summed E-state index contributed by atoms with van der Waals surface area (Å²) in [6.07, 6.45) is 1.46. The lowest BCUT2D eigenvalue weighted by Gasteiger charge is -2.17. The second-order valence-electron chi connectivity index (χ2n) is 4.10. The average Bonchev–Trinajstić information content (AvgIpc) is 2.71. The van der Waals surface area contributed by atoms with E-state index in [0.29, 0.717) is 19.3 Å². The van der Waals surface area contributed by atoms with Crippen molar-refractivity contribution in [1.29, 1.82) is 0 Å². The smallest absolute Gasteiger partial charge is 0.229 e. The lowest BCUT2D eigenvalue weighted by Crippen LogP contribution is -2.29. The summed E-state index contributed by atoms with van der Waals surface area (Å²) in [5, 5.41) is 0. The molecule has 82 valence electrons. The minimum Gasteiger partial charge on any atom is -0.229 e. The monoisotopic (exact) mass is 258 g/mol. The fourth-order valence-corrected chi connectivity index (χ4v) is 6.23. The van der Waals surface area contributed by atoms with Gasteiger partial charge in [-0.1, -0.05) is 0 Å². The van der Waals surface area contributed by atoms with Crippen LogP contribution in [0.5, 0.6) is 0 Å². The molecular formula is C7H11ClO4S2. The number of sulfone groups is 1. The van der Waals surface area contributed by atoms with E-state index in [1.54, 1.807) is 0 Å². The molecular weight excluding hydrogens is 248 g/mol. The Morgan fingerprint density at radius 2 is 1.86 bits per heavy atom. The van der Waals surface area contributed by atoms with E-state index in [2.05, 4.69) is 0 Å². The third kappa shape index (κ3) is 1.57. The van der Waals surface area contributed by atoms with Crippen LogP contribution in [0.25, 0.3) is 0 Å². The van der Waals surface area contributed by atoms with Crippen LogP contribution in [-0.2, 0) is 18.9 Å². The maximum absolute atomic E-state index is 11.3. The van der Waals surface area contributed by atoms with Crippen LogP contribution in [0, 0.1) is 5.92 Å². The summed E-state index contributed by atoms with van der Waals surface area (Å²) in [4.78, 5) is 0. The maximum atomic E-state index is 11.3. The highest BCUT2D eigenvalue weighted by molar-refractivity contribution is 8.15. The Balaban J connectivity index is 2.27. The third-order valence-electron chi connectivity index (χ3n) is 3.20. The Kier molecular flexibility index (Phi) is 2.18. The van der Waals surface area contributed by atoms with Gasteiger partial charge in [0.05, 0.1) is 16.3 Å². The molecule has 2 rings (SSSR count). The van der Waals surface area contributed by atoms with E-state index < -0.39 is 23.6 Å². The molecule has 0 aromatic carbocycles. The molecule has 1 unspecified atom stereocenters. The van der Waals surface area contributed by atoms with Gasteiger partial charge in [0.15, 0.2) is 9.84 Å². The summed E-state index contributed by atoms with van der Waals surface area (Å²) in [6, 6.07) is 0. The topological polar surface area (TPSA) is 68.3 Å². The van der Waals surface area contributed by atoms with Crippen LogP contribution in [0.4, 0.5) is 0 Å². The van der Waals surface area contributed by atoms with Gasteiger partial charge in [0, 0.05) is 10.7 Å². The molecule has 1 saturated carbocycles. The first-order valence-corrected chi connectivity index (χ1v) is 8.55. The molecule has 0 aromatic rings. The van der Waals surface area contributed by atoms with Crippen molar-refractivity contribution in [1.82, 2.24) is 0 Å². The average molecular weight is 259 g/mol. The second-order valence-corrected chi connectivity index (χ2v) is 9.24. The van der Waals surface area contributed by atoms with Gasteiger partial charge < -0.3 is 0 Å². The Hall–Kier alpha value is 0.190. The van der Waals surface area contributed by atoms with Gasteiger partial charge in [-0.05, 0) is 25.2 Å². The number of hydrogen-bond donors (Lipinski definition) is 0. The zero-order chi connectivity index (χ0) is 10.6. The van der Waals surface area contributed by atoms with Crippen molar-refractivity contribution in [3.8, 4) is 0 Å². The minimum absolute atomic E-state index is 0.0149. The van der Waals surface area contributed by atoms with Crippen molar-refractivity contribution in [2.45, 2.75) is 24.0 Å². The van der Waals surface area contributed by atoms with Gasteiger partial charge in [-0.3, -0.25) is 0 Å². The van der Waals surface area contributed by atoms with Crippen LogP contribution in [0.1, 0.15) is 19.3 Å². The summed E-state index contributed by atoms with van der Waals surface area (Å²) in [5.74, 6) is -0.194. The van der Waals surface area contributed by atoms with E-state index in [0.717, 1.165) is 0 Å². The highest BCUT2D eigenvalue weighted by atomic mass is 35.7. The highest BCUT2D eigenvalue weighted by Crippen LogP contribution is 2.54. The first-order chi connectivity index (χ1) is 6.27. The van der Waals surface area contributed by atoms with E-state index in [4.69, 9.17) is 10.7 Å². The molecule has 2 aliphatic rings. The van der Waals surface area contributed by atoms with Crippen molar-refractivity contribution in [3.05, 3.63) is 0 Å². The van der Waals surface area contributed by atoms with Gasteiger partial charge in [0.25, 0.3) is 0 Å². The first-order valence-electron chi connectivity index (χ1n) is 4.41. The third-order valence-corrected chi connectivity index (χ3v) is 7.61. The Labute approximate surface area is 88.0 Å². The van der Waals surface area contributed by atoms with Crippen LogP contribution in [0.3, 0.4) is 0 Å². The molecule has 0 amide bonds. The molecule has 1 aliphatic heterocycles. The molecule has 14 heavy (non-hydrogen) atoms. The molecule has 0 bridgehead atoms. The predicted molar refractivity (Wildman–Crippen MR) is 53.5 cm³/mol. The zero-order valence-electron chi connectivity index (χ0n) is 7.44. The number of hydrogen-bond acceptors (Lipinski definition) is 4. The zero-order valence-corrected chi connectivity index (χ0v) is 9.83. The van der Waals surface area contributed by atoms with E-state index >= 15 is 0 Å². The number of halogens is 1. The molecule has 0 radical (unpaired) electrons. The Morgan fingerprint density at radius 1 is 1.29 bits per heavy atom. The summed E-state index contributed by atoms with van der Waals surface area (Å²) in [5.41, 5.74) is 0. The lowest BCUT2D eigenvalue weighted by atomic mass is 10.0. The van der Waals surface area contributed by atoms with Crippen LogP contribution >= 0.6 is 10.7 Å². The van der Waals surface area contributed by atoms with Crippen LogP contribution in [0.15, 0.2) is 0 Å². The summed E-state index contributed by atoms with van der Waals surface area (Å²) < 4.78 is 44.1. The van der Waals surface area contributed by atoms with Crippen LogP contribution in [-0.4, -0.2) is 33.1 Å². The van der Waals surface area contributed by atoms with E-state index in [1.165, 1.54) is 0 Å². The van der Waals surface area contributed by atoms with Crippen molar-refractivity contribution in [2.24, 2.45) is 5.92 Å². The normalized spacial score (nSPS) is 34.2. The Bertz CT molecular complexity index is 446. The van der Waals surface area contributed by atoms with Crippen molar-refractivity contribution < 1.29 is 16.8 Å². The van der Waals surface area contributed by atoms with Crippen molar-refractivity contribution >= 4 is 29.6 Å². The van der Waals surface area contributed by atoms with Crippen LogP contribution in [0.2, 0.25) is 0 Å². The lowest BCUT2D eigenvalue weighted by molar-refractivity contribution is 0.510. The standard InChI is InChI=1S/C7H11ClO4S2/c8-14(11,12)7(2-3-7)6-1-4-13(9,10)5-6/h6H,1-5H2. The molecule has 1 atom stereocenters. The molecule has 1 heterocycles. The van der Waals surface area contributed by atoms with Gasteiger partial charge in [-0.2, -0.15) is 0 Å². The van der Waals surface area contributed by atoms with Crippen LogP contribution < -0.4 is 0 Å². The van der Waals surface area contributed by atoms with E-state index in [9.17, 15) is 16.8 Å². The molecule has 4 nitrogen and oxygen atoms in total. The summed E-state index contributed by atoms with van der Waals surface area (Å²) in [6.45, 7) is 0. The van der Waals surface area contributed by atoms with E-state index in [1.807, 2.05) is 0 Å². The van der Waals surface area contributed by atoms with Gasteiger partial charge in [-0.15, -0.1) is 0 Å². The van der Waals surface area contributed by atoms with Gasteiger partial charge in [-0.25, -0.2) is 16.8 Å². The fraction of sp³-hybridized carbons (Fsp3) is 1.00. The molecule has 0 N–H and O–H groups in total. The molecule has 0 aromatic heterocycles. The van der Waals surface area contributed by atoms with Gasteiger partial charge in [0.1, 0.15) is 0 Å². The van der Waals surface area contributed by atoms with E-state index in [-0.39, 0.29) is 17.4 Å². The summed E-state index contributed by atoms with van der Waals surface area (Å²) in [7, 11) is -1.30. The fourth-order valence-electron chi connectivity index (χ4n) is 2.18. The van der Waals surface area contributed by atoms with Gasteiger partial charge >= 0.3 is 0 Å². The second kappa shape index (κ2) is 2.86. The Morgan fingerprint density at radius 3 is 2.14 bits per heavy atom. The largest absolute Gasteiger partial charge is 0.238 e. The molecule has 2 fully saturated rings. The predicted octanol–water partition coefficient (Wildman–Crippen LogP) is 0.522.